The van der Waals surface area contributed by atoms with Crippen LogP contribution in [0.3, 0.4) is 0 Å². The summed E-state index contributed by atoms with van der Waals surface area (Å²) in [7, 11) is 1.77. The highest BCUT2D eigenvalue weighted by atomic mass is 127. The molecule has 130 valence electrons. The first-order chi connectivity index (χ1) is 11.2. The lowest BCUT2D eigenvalue weighted by molar-refractivity contribution is 0.560. The van der Waals surface area contributed by atoms with Gasteiger partial charge in [-0.25, -0.2) is 4.39 Å². The molecule has 0 unspecified atom stereocenters. The van der Waals surface area contributed by atoms with Gasteiger partial charge in [0.2, 0.25) is 0 Å². The summed E-state index contributed by atoms with van der Waals surface area (Å²) in [6, 6.07) is 11.3. The molecule has 0 saturated heterocycles. The van der Waals surface area contributed by atoms with Crippen molar-refractivity contribution in [1.82, 2.24) is 10.6 Å². The molecule has 2 N–H and O–H groups in total. The highest BCUT2D eigenvalue weighted by Gasteiger charge is 2.45. The maximum atomic E-state index is 14.0. The number of hydrogen-bond donors (Lipinski definition) is 2. The van der Waals surface area contributed by atoms with E-state index >= 15 is 0 Å². The summed E-state index contributed by atoms with van der Waals surface area (Å²) in [4.78, 5) is 5.62. The van der Waals surface area contributed by atoms with Crippen molar-refractivity contribution in [2.75, 3.05) is 20.1 Å². The fourth-order valence-corrected chi connectivity index (χ4v) is 3.52. The molecule has 1 aliphatic rings. The van der Waals surface area contributed by atoms with E-state index in [2.05, 4.69) is 33.1 Å². The number of nitrogens with one attached hydrogen (secondary N) is 2. The largest absolute Gasteiger partial charge is 0.356 e. The summed E-state index contributed by atoms with van der Waals surface area (Å²) in [6.07, 6.45) is 3.02. The number of benzene rings is 1. The summed E-state index contributed by atoms with van der Waals surface area (Å²) in [5.74, 6) is 0.677. The number of hydrogen-bond acceptors (Lipinski definition) is 2. The first kappa shape index (κ1) is 19.2. The molecular weight excluding hydrogens is 436 g/mol. The predicted octanol–water partition coefficient (Wildman–Crippen LogP) is 3.94. The summed E-state index contributed by atoms with van der Waals surface area (Å²) < 4.78 is 14.0. The Morgan fingerprint density at radius 1 is 1.21 bits per heavy atom. The third-order valence-corrected chi connectivity index (χ3v) is 5.30. The molecule has 1 aromatic heterocycles. The van der Waals surface area contributed by atoms with Gasteiger partial charge >= 0.3 is 0 Å². The van der Waals surface area contributed by atoms with Gasteiger partial charge in [-0.1, -0.05) is 24.3 Å². The van der Waals surface area contributed by atoms with Crippen LogP contribution in [0.5, 0.6) is 0 Å². The van der Waals surface area contributed by atoms with E-state index in [1.54, 1.807) is 30.5 Å². The van der Waals surface area contributed by atoms with Crippen LogP contribution in [-0.4, -0.2) is 26.1 Å². The summed E-state index contributed by atoms with van der Waals surface area (Å²) in [5.41, 5.74) is 0.748. The molecule has 1 aromatic carbocycles. The molecule has 0 amide bonds. The molecule has 1 heterocycles. The number of rotatable bonds is 6. The number of thiophene rings is 1. The topological polar surface area (TPSA) is 36.4 Å². The second-order valence-electron chi connectivity index (χ2n) is 5.94. The molecule has 0 spiro atoms. The third kappa shape index (κ3) is 4.69. The van der Waals surface area contributed by atoms with Crippen molar-refractivity contribution in [2.24, 2.45) is 4.99 Å². The Kier molecular flexibility index (Phi) is 7.03. The van der Waals surface area contributed by atoms with Gasteiger partial charge < -0.3 is 10.6 Å². The Hall–Kier alpha value is -1.15. The summed E-state index contributed by atoms with van der Waals surface area (Å²) in [6.45, 7) is 1.56. The first-order valence-corrected chi connectivity index (χ1v) is 8.83. The smallest absolute Gasteiger partial charge is 0.191 e. The Labute approximate surface area is 163 Å². The van der Waals surface area contributed by atoms with Gasteiger partial charge in [-0.3, -0.25) is 4.99 Å². The van der Waals surface area contributed by atoms with Crippen LogP contribution in [0.2, 0.25) is 0 Å². The van der Waals surface area contributed by atoms with Gasteiger partial charge in [0.15, 0.2) is 5.96 Å². The number of aliphatic imine (C=N–C) groups is 1. The highest BCUT2D eigenvalue weighted by molar-refractivity contribution is 14.0. The number of halogens is 2. The van der Waals surface area contributed by atoms with Crippen LogP contribution in [0.15, 0.2) is 46.8 Å². The molecule has 0 aliphatic heterocycles. The first-order valence-electron chi connectivity index (χ1n) is 7.95. The highest BCUT2D eigenvalue weighted by Crippen LogP contribution is 2.48. The molecule has 0 bridgehead atoms. The van der Waals surface area contributed by atoms with E-state index in [1.807, 2.05) is 12.1 Å². The summed E-state index contributed by atoms with van der Waals surface area (Å²) in [5, 5.41) is 8.77. The van der Waals surface area contributed by atoms with Gasteiger partial charge in [0.1, 0.15) is 5.82 Å². The Morgan fingerprint density at radius 2 is 2.00 bits per heavy atom. The van der Waals surface area contributed by atoms with E-state index in [0.29, 0.717) is 6.54 Å². The van der Waals surface area contributed by atoms with Crippen molar-refractivity contribution >= 4 is 41.3 Å². The van der Waals surface area contributed by atoms with Crippen LogP contribution in [0.1, 0.15) is 23.3 Å². The summed E-state index contributed by atoms with van der Waals surface area (Å²) >= 11 is 1.77. The molecule has 3 nitrogen and oxygen atoms in total. The number of guanidine groups is 1. The molecular formula is C18H23FIN3S. The van der Waals surface area contributed by atoms with Gasteiger partial charge in [-0.15, -0.1) is 35.3 Å². The molecule has 1 fully saturated rings. The van der Waals surface area contributed by atoms with Gasteiger partial charge in [0.05, 0.1) is 0 Å². The molecule has 1 aliphatic carbocycles. The van der Waals surface area contributed by atoms with Crippen molar-refractivity contribution in [2.45, 2.75) is 24.7 Å². The zero-order chi connectivity index (χ0) is 16.1. The number of nitrogens with zero attached hydrogens (tertiary/aromatic N) is 1. The molecule has 1 saturated carbocycles. The van der Waals surface area contributed by atoms with E-state index in [1.165, 1.54) is 4.88 Å². The Bertz CT molecular complexity index is 669. The van der Waals surface area contributed by atoms with Crippen LogP contribution >= 0.6 is 35.3 Å². The predicted molar refractivity (Wildman–Crippen MR) is 110 cm³/mol. The van der Waals surface area contributed by atoms with E-state index in [-0.39, 0.29) is 35.2 Å². The van der Waals surface area contributed by atoms with Crippen molar-refractivity contribution in [3.8, 4) is 0 Å². The van der Waals surface area contributed by atoms with E-state index in [9.17, 15) is 4.39 Å². The van der Waals surface area contributed by atoms with Gasteiger partial charge in [0.25, 0.3) is 0 Å². The fourth-order valence-electron chi connectivity index (χ4n) is 2.82. The molecule has 24 heavy (non-hydrogen) atoms. The molecule has 0 radical (unpaired) electrons. The van der Waals surface area contributed by atoms with Crippen molar-refractivity contribution in [3.05, 3.63) is 58.0 Å². The lowest BCUT2D eigenvalue weighted by atomic mass is 9.95. The zero-order valence-corrected chi connectivity index (χ0v) is 16.9. The van der Waals surface area contributed by atoms with Crippen molar-refractivity contribution in [1.29, 1.82) is 0 Å². The van der Waals surface area contributed by atoms with Crippen LogP contribution in [0, 0.1) is 5.82 Å². The Morgan fingerprint density at radius 3 is 2.62 bits per heavy atom. The Balaban J connectivity index is 0.00000208. The van der Waals surface area contributed by atoms with Crippen LogP contribution in [0.25, 0.3) is 0 Å². The second-order valence-corrected chi connectivity index (χ2v) is 6.97. The van der Waals surface area contributed by atoms with E-state index in [0.717, 1.165) is 37.3 Å². The SMILES string of the molecule is CN=C(NCCc1cccs1)NCC1(c2ccccc2F)CC1.I. The lowest BCUT2D eigenvalue weighted by Crippen LogP contribution is -2.42. The average Bonchev–Trinajstić information content (AvgIpc) is 3.17. The molecule has 3 rings (SSSR count). The standard InChI is InChI=1S/C18H22FN3S.HI/c1-20-17(21-11-8-14-5-4-12-23-14)22-13-18(9-10-18)15-6-2-3-7-16(15)19;/h2-7,12H,8-11,13H2,1H3,(H2,20,21,22);1H. The van der Waals surface area contributed by atoms with Crippen molar-refractivity contribution in [3.63, 3.8) is 0 Å². The minimum Gasteiger partial charge on any atom is -0.356 e. The van der Waals surface area contributed by atoms with Gasteiger partial charge in [0, 0.05) is 30.4 Å². The second kappa shape index (κ2) is 8.80. The fraction of sp³-hybridized carbons (Fsp3) is 0.389. The normalized spacial score (nSPS) is 15.5. The van der Waals surface area contributed by atoms with Crippen LogP contribution in [0.4, 0.5) is 4.39 Å². The van der Waals surface area contributed by atoms with Crippen LogP contribution < -0.4 is 10.6 Å². The lowest BCUT2D eigenvalue weighted by Gasteiger charge is -2.19. The van der Waals surface area contributed by atoms with Crippen LogP contribution in [-0.2, 0) is 11.8 Å². The van der Waals surface area contributed by atoms with Gasteiger partial charge in [-0.05, 0) is 42.3 Å². The van der Waals surface area contributed by atoms with Gasteiger partial charge in [-0.2, -0.15) is 0 Å². The van der Waals surface area contributed by atoms with Crippen molar-refractivity contribution < 1.29 is 4.39 Å². The van der Waals surface area contributed by atoms with E-state index < -0.39 is 0 Å². The molecule has 6 heteroatoms. The minimum absolute atomic E-state index is 0. The van der Waals surface area contributed by atoms with E-state index in [4.69, 9.17) is 0 Å². The zero-order valence-electron chi connectivity index (χ0n) is 13.7. The average molecular weight is 459 g/mol. The molecule has 0 atom stereocenters. The quantitative estimate of drug-likeness (QED) is 0.390. The molecule has 2 aromatic rings. The minimum atomic E-state index is -0.104. The monoisotopic (exact) mass is 459 g/mol. The third-order valence-electron chi connectivity index (χ3n) is 4.36. The maximum Gasteiger partial charge on any atom is 0.191 e. The maximum absolute atomic E-state index is 14.0.